The van der Waals surface area contributed by atoms with Gasteiger partial charge in [-0.1, -0.05) is 186 Å². The molecule has 0 saturated carbocycles. The summed E-state index contributed by atoms with van der Waals surface area (Å²) in [5.74, 6) is 1.85. The smallest absolute Gasteiger partial charge is 0.164 e. The molecule has 418 valence electrons. The first-order valence-electron chi connectivity index (χ1n) is 29.9. The Hall–Kier alpha value is -9.46. The van der Waals surface area contributed by atoms with Crippen LogP contribution in [0.15, 0.2) is 213 Å². The second kappa shape index (κ2) is 19.6. The van der Waals surface area contributed by atoms with E-state index in [1.54, 1.807) is 0 Å². The molecule has 0 N–H and O–H groups in total. The third-order valence-electron chi connectivity index (χ3n) is 17.4. The maximum Gasteiger partial charge on any atom is 0.164 e. The van der Waals surface area contributed by atoms with Crippen LogP contribution in [-0.4, -0.2) is 33.6 Å². The molecule has 0 atom stereocenters. The molecule has 7 heteroatoms. The molecule has 0 spiro atoms. The van der Waals surface area contributed by atoms with Gasteiger partial charge in [0, 0.05) is 78.2 Å². The van der Waals surface area contributed by atoms with Crippen molar-refractivity contribution in [3.05, 3.63) is 235 Å². The van der Waals surface area contributed by atoms with Crippen LogP contribution in [0.25, 0.3) is 128 Å². The van der Waals surface area contributed by atoms with Crippen molar-refractivity contribution in [3.8, 4) is 62.4 Å². The fourth-order valence-electron chi connectivity index (χ4n) is 12.6. The number of pyridine rings is 1. The molecule has 0 amide bonds. The molecular formula is C78H71N7. The van der Waals surface area contributed by atoms with E-state index in [9.17, 15) is 0 Å². The number of fused-ring (bicyclic) bond motifs is 9. The molecule has 0 radical (unpaired) electrons. The van der Waals surface area contributed by atoms with Crippen LogP contribution in [0.1, 0.15) is 105 Å². The summed E-state index contributed by atoms with van der Waals surface area (Å²) in [6, 6.07) is 73.6. The van der Waals surface area contributed by atoms with E-state index in [2.05, 4.69) is 297 Å². The third-order valence-corrected chi connectivity index (χ3v) is 17.4. The second-order valence-corrected chi connectivity index (χ2v) is 27.3. The predicted molar refractivity (Wildman–Crippen MR) is 357 cm³/mol. The van der Waals surface area contributed by atoms with Gasteiger partial charge >= 0.3 is 0 Å². The highest BCUT2D eigenvalue weighted by Crippen LogP contribution is 2.45. The van der Waals surface area contributed by atoms with Crippen LogP contribution >= 0.6 is 0 Å². The third kappa shape index (κ3) is 9.19. The molecule has 9 aromatic carbocycles. The number of para-hydroxylation sites is 5. The molecule has 0 bridgehead atoms. The molecule has 0 saturated heterocycles. The maximum atomic E-state index is 5.61. The molecule has 7 nitrogen and oxygen atoms in total. The second-order valence-electron chi connectivity index (χ2n) is 27.3. The first kappa shape index (κ1) is 53.5. The van der Waals surface area contributed by atoms with Gasteiger partial charge in [-0.05, 0) is 141 Å². The lowest BCUT2D eigenvalue weighted by Gasteiger charge is -2.26. The van der Waals surface area contributed by atoms with E-state index in [4.69, 9.17) is 19.9 Å². The van der Waals surface area contributed by atoms with Crippen LogP contribution in [-0.2, 0) is 21.7 Å². The lowest BCUT2D eigenvalue weighted by molar-refractivity contribution is 0.568. The SMILES string of the molecule is CC(C)(C)c1cc(-c2nc(-c3cc(C(C)(C)C)cc(C(C)(C)C)c3)nc(-c3ccc(-n4c5ccccc5c5cc6c7ccccc7n(-c7ccccc7)c6cc54)c(-c4cnccc4-n4c5ccccc5c5ccccc54)c3)n2)cc(C(C)(C)C)c1. The van der Waals surface area contributed by atoms with Crippen molar-refractivity contribution in [3.63, 3.8) is 0 Å². The Bertz CT molecular complexity index is 4770. The first-order valence-corrected chi connectivity index (χ1v) is 29.9. The van der Waals surface area contributed by atoms with E-state index in [0.29, 0.717) is 17.5 Å². The number of nitrogens with zero attached hydrogens (tertiary/aromatic N) is 7. The van der Waals surface area contributed by atoms with E-state index in [-0.39, 0.29) is 21.7 Å². The molecule has 5 aromatic heterocycles. The molecule has 0 aliphatic carbocycles. The number of aromatic nitrogens is 7. The van der Waals surface area contributed by atoms with E-state index >= 15 is 0 Å². The zero-order chi connectivity index (χ0) is 58.9. The van der Waals surface area contributed by atoms with Crippen molar-refractivity contribution in [1.29, 1.82) is 0 Å². The normalized spacial score (nSPS) is 12.7. The van der Waals surface area contributed by atoms with Gasteiger partial charge in [0.25, 0.3) is 0 Å². The summed E-state index contributed by atoms with van der Waals surface area (Å²) in [4.78, 5) is 21.8. The fraction of sp³-hybridized carbons (Fsp3) is 0.205. The summed E-state index contributed by atoms with van der Waals surface area (Å²) in [5.41, 5.74) is 19.0. The van der Waals surface area contributed by atoms with Gasteiger partial charge < -0.3 is 13.7 Å². The van der Waals surface area contributed by atoms with Crippen molar-refractivity contribution < 1.29 is 0 Å². The number of benzene rings is 9. The van der Waals surface area contributed by atoms with Gasteiger partial charge in [0.2, 0.25) is 0 Å². The summed E-state index contributed by atoms with van der Waals surface area (Å²) in [5, 5.41) is 7.15. The Balaban J connectivity index is 1.10. The van der Waals surface area contributed by atoms with Gasteiger partial charge in [-0.25, -0.2) is 15.0 Å². The topological polar surface area (TPSA) is 66.3 Å². The molecule has 14 rings (SSSR count). The molecule has 5 heterocycles. The number of hydrogen-bond donors (Lipinski definition) is 0. The van der Waals surface area contributed by atoms with Gasteiger partial charge in [0.1, 0.15) is 0 Å². The summed E-state index contributed by atoms with van der Waals surface area (Å²) >= 11 is 0. The molecular weight excluding hydrogens is 1030 g/mol. The van der Waals surface area contributed by atoms with E-state index in [1.165, 1.54) is 60.1 Å². The fourth-order valence-corrected chi connectivity index (χ4v) is 12.6. The van der Waals surface area contributed by atoms with Crippen LogP contribution in [0.4, 0.5) is 0 Å². The van der Waals surface area contributed by atoms with Crippen LogP contribution < -0.4 is 0 Å². The molecule has 14 aromatic rings. The van der Waals surface area contributed by atoms with Crippen molar-refractivity contribution >= 4 is 65.4 Å². The van der Waals surface area contributed by atoms with E-state index in [0.717, 1.165) is 72.5 Å². The number of hydrogen-bond acceptors (Lipinski definition) is 4. The molecule has 0 unspecified atom stereocenters. The predicted octanol–water partition coefficient (Wildman–Crippen LogP) is 20.4. The summed E-state index contributed by atoms with van der Waals surface area (Å²) in [6.45, 7) is 27.4. The zero-order valence-electron chi connectivity index (χ0n) is 50.8. The van der Waals surface area contributed by atoms with Gasteiger partial charge in [0.15, 0.2) is 17.5 Å². The van der Waals surface area contributed by atoms with Crippen molar-refractivity contribution in [2.24, 2.45) is 0 Å². The van der Waals surface area contributed by atoms with Crippen LogP contribution in [0.3, 0.4) is 0 Å². The van der Waals surface area contributed by atoms with Crippen molar-refractivity contribution in [1.82, 2.24) is 33.6 Å². The monoisotopic (exact) mass is 1110 g/mol. The lowest BCUT2D eigenvalue weighted by Crippen LogP contribution is -2.17. The molecule has 0 aliphatic rings. The molecule has 85 heavy (non-hydrogen) atoms. The van der Waals surface area contributed by atoms with Gasteiger partial charge in [-0.15, -0.1) is 0 Å². The Morgan fingerprint density at radius 3 is 1.12 bits per heavy atom. The van der Waals surface area contributed by atoms with E-state index in [1.807, 2.05) is 12.4 Å². The van der Waals surface area contributed by atoms with E-state index < -0.39 is 0 Å². The summed E-state index contributed by atoms with van der Waals surface area (Å²) < 4.78 is 7.30. The minimum Gasteiger partial charge on any atom is -0.309 e. The maximum absolute atomic E-state index is 5.61. The summed E-state index contributed by atoms with van der Waals surface area (Å²) in [6.07, 6.45) is 3.97. The first-order chi connectivity index (χ1) is 40.7. The van der Waals surface area contributed by atoms with Gasteiger partial charge in [-0.2, -0.15) is 0 Å². The Morgan fingerprint density at radius 1 is 0.282 bits per heavy atom. The Morgan fingerprint density at radius 2 is 0.659 bits per heavy atom. The highest BCUT2D eigenvalue weighted by molar-refractivity contribution is 6.19. The molecule has 0 aliphatic heterocycles. The Labute approximate surface area is 498 Å². The minimum absolute atomic E-state index is 0.128. The minimum atomic E-state index is -0.128. The highest BCUT2D eigenvalue weighted by Gasteiger charge is 2.28. The van der Waals surface area contributed by atoms with Crippen molar-refractivity contribution in [2.75, 3.05) is 0 Å². The van der Waals surface area contributed by atoms with Gasteiger partial charge in [-0.3, -0.25) is 4.98 Å². The van der Waals surface area contributed by atoms with Crippen LogP contribution in [0, 0.1) is 0 Å². The summed E-state index contributed by atoms with van der Waals surface area (Å²) in [7, 11) is 0. The largest absolute Gasteiger partial charge is 0.309 e. The quantitative estimate of drug-likeness (QED) is 0.159. The average molecular weight is 1110 g/mol. The van der Waals surface area contributed by atoms with Crippen molar-refractivity contribution in [2.45, 2.75) is 105 Å². The lowest BCUT2D eigenvalue weighted by atomic mass is 9.79. The average Bonchev–Trinajstić information content (AvgIpc) is 1.95. The molecule has 0 fully saturated rings. The highest BCUT2D eigenvalue weighted by atomic mass is 15.0. The standard InChI is InChI=1S/C78H71N7/c1-75(2,3)51-38-49(39-52(43-51)76(4,5)6)73-80-72(81-74(82-73)50-40-53(77(7,8)9)44-54(41-50)78(10,11)12)48-34-35-68(60(42-48)63-47-79-37-36-69(63)84-65-31-21-16-26-56(65)57-27-17-22-32-66(57)84)85-67-33-23-19-29-59(67)62-45-61-58-28-18-20-30-64(58)83(70(61)46-71(62)85)55-24-14-13-15-25-55/h13-47H,1-12H3. The Kier molecular flexibility index (Phi) is 12.3. The number of rotatable bonds is 7. The zero-order valence-corrected chi connectivity index (χ0v) is 50.8. The van der Waals surface area contributed by atoms with Crippen LogP contribution in [0.5, 0.6) is 0 Å². The van der Waals surface area contributed by atoms with Gasteiger partial charge in [0.05, 0.1) is 44.5 Å². The van der Waals surface area contributed by atoms with Crippen LogP contribution in [0.2, 0.25) is 0 Å².